The summed E-state index contributed by atoms with van der Waals surface area (Å²) < 4.78 is 12.9. The molecule has 2 atom stereocenters. The monoisotopic (exact) mass is 264 g/mol. The average molecular weight is 264 g/mol. The number of hydrogen-bond acceptors (Lipinski definition) is 3. The van der Waals surface area contributed by atoms with Crippen LogP contribution in [-0.2, 0) is 17.7 Å². The summed E-state index contributed by atoms with van der Waals surface area (Å²) in [6.07, 6.45) is -0.0107. The van der Waals surface area contributed by atoms with Crippen molar-refractivity contribution in [3.05, 3.63) is 35.4 Å². The molecule has 2 unspecified atom stereocenters. The summed E-state index contributed by atoms with van der Waals surface area (Å²) in [6, 6.07) is 7.20. The van der Waals surface area contributed by atoms with E-state index >= 15 is 0 Å². The van der Waals surface area contributed by atoms with Crippen LogP contribution in [0.25, 0.3) is 0 Å². The van der Waals surface area contributed by atoms with Crippen LogP contribution in [0.3, 0.4) is 0 Å². The quantitative estimate of drug-likeness (QED) is 0.847. The molecular weight excluding hydrogens is 242 g/mol. The lowest BCUT2D eigenvalue weighted by molar-refractivity contribution is 0.00462. The lowest BCUT2D eigenvalue weighted by Gasteiger charge is -2.36. The van der Waals surface area contributed by atoms with Crippen LogP contribution in [0.1, 0.15) is 33.3 Å². The summed E-state index contributed by atoms with van der Waals surface area (Å²) in [5, 5.41) is 9.64. The Balaban J connectivity index is 2.24. The maximum Gasteiger partial charge on any atom is 0.410 e. The average Bonchev–Trinajstić information content (AvgIpc) is 2.35. The van der Waals surface area contributed by atoms with Gasteiger partial charge >= 0.3 is 6.09 Å². The van der Waals surface area contributed by atoms with Crippen LogP contribution in [-0.4, -0.2) is 34.3 Å². The number of ether oxygens (including phenoxy) is 1. The summed E-state index contributed by atoms with van der Waals surface area (Å²) in [7, 11) is 0. The number of carbonyl (C=O) groups is 1. The normalized spacial score (nSPS) is 21.4. The number of benzene rings is 1. The molecule has 1 heterocycles. The van der Waals surface area contributed by atoms with Gasteiger partial charge in [-0.05, 0) is 38.3 Å². The van der Waals surface area contributed by atoms with E-state index in [1.807, 2.05) is 24.3 Å². The standard InChI is InChI=1S/C15H21NO3/c1-15(2,3)19-14(18)16-9-12-7-5-4-6-11(12)8-13(16)10-17/h4-7,13,17H,8-10H2,1-3H3/i10D. The van der Waals surface area contributed by atoms with Gasteiger partial charge < -0.3 is 9.84 Å². The molecule has 1 aliphatic rings. The maximum absolute atomic E-state index is 12.2. The van der Waals surface area contributed by atoms with E-state index in [4.69, 9.17) is 6.11 Å². The van der Waals surface area contributed by atoms with Gasteiger partial charge in [0.15, 0.2) is 0 Å². The predicted octanol–water partition coefficient (Wildman–Crippen LogP) is 2.34. The highest BCUT2D eigenvalue weighted by molar-refractivity contribution is 5.69. The Hall–Kier alpha value is -1.55. The molecule has 0 radical (unpaired) electrons. The Morgan fingerprint density at radius 3 is 2.68 bits per heavy atom. The van der Waals surface area contributed by atoms with Crippen molar-refractivity contribution in [2.45, 2.75) is 45.4 Å². The largest absolute Gasteiger partial charge is 0.444 e. The molecule has 0 fully saturated rings. The fourth-order valence-electron chi connectivity index (χ4n) is 2.20. The van der Waals surface area contributed by atoms with Crippen molar-refractivity contribution >= 4 is 6.09 Å². The Morgan fingerprint density at radius 1 is 1.47 bits per heavy atom. The van der Waals surface area contributed by atoms with Crippen LogP contribution in [0.4, 0.5) is 4.79 Å². The van der Waals surface area contributed by atoms with Gasteiger partial charge in [-0.3, -0.25) is 4.90 Å². The molecule has 1 N–H and O–H groups in total. The second-order valence-corrected chi connectivity index (χ2v) is 5.80. The van der Waals surface area contributed by atoms with Gasteiger partial charge in [-0.1, -0.05) is 24.3 Å². The molecule has 0 aromatic heterocycles. The molecule has 0 bridgehead atoms. The Labute approximate surface area is 115 Å². The highest BCUT2D eigenvalue weighted by Crippen LogP contribution is 2.24. The van der Waals surface area contributed by atoms with E-state index in [0.29, 0.717) is 13.0 Å². The number of hydrogen-bond donors (Lipinski definition) is 1. The van der Waals surface area contributed by atoms with Gasteiger partial charge in [0.05, 0.1) is 14.0 Å². The topological polar surface area (TPSA) is 49.8 Å². The lowest BCUT2D eigenvalue weighted by atomic mass is 9.95. The first-order valence-corrected chi connectivity index (χ1v) is 6.44. The van der Waals surface area contributed by atoms with Gasteiger partial charge in [0.1, 0.15) is 5.60 Å². The zero-order chi connectivity index (χ0) is 14.9. The molecule has 0 saturated carbocycles. The third-order valence-electron chi connectivity index (χ3n) is 3.09. The Bertz CT molecular complexity index is 496. The molecule has 19 heavy (non-hydrogen) atoms. The number of rotatable bonds is 1. The molecule has 1 aromatic carbocycles. The van der Waals surface area contributed by atoms with E-state index in [-0.39, 0.29) is 0 Å². The van der Waals surface area contributed by atoms with Crippen molar-refractivity contribution in [2.24, 2.45) is 0 Å². The summed E-state index contributed by atoms with van der Waals surface area (Å²) in [4.78, 5) is 13.7. The van der Waals surface area contributed by atoms with Crippen molar-refractivity contribution in [1.82, 2.24) is 4.90 Å². The minimum absolute atomic E-state index is 0.367. The molecule has 0 saturated heterocycles. The Kier molecular flexibility index (Phi) is 3.42. The number of fused-ring (bicyclic) bond motifs is 1. The fraction of sp³-hybridized carbons (Fsp3) is 0.533. The summed E-state index contributed by atoms with van der Waals surface area (Å²) in [5.41, 5.74) is 1.52. The second kappa shape index (κ2) is 5.21. The highest BCUT2D eigenvalue weighted by Gasteiger charge is 2.32. The molecule has 1 amide bonds. The molecule has 4 nitrogen and oxygen atoms in total. The van der Waals surface area contributed by atoms with Gasteiger partial charge in [0.2, 0.25) is 0 Å². The zero-order valence-corrected chi connectivity index (χ0v) is 11.6. The van der Waals surface area contributed by atoms with Gasteiger partial charge in [0.25, 0.3) is 0 Å². The van der Waals surface area contributed by atoms with Crippen LogP contribution in [0.2, 0.25) is 0 Å². The first-order chi connectivity index (χ1) is 9.28. The van der Waals surface area contributed by atoms with Crippen LogP contribution in [0, 0.1) is 0 Å². The molecule has 1 aromatic rings. The highest BCUT2D eigenvalue weighted by atomic mass is 16.6. The molecule has 0 spiro atoms. The minimum Gasteiger partial charge on any atom is -0.444 e. The SMILES string of the molecule is [2H]C(O)C1Cc2ccccc2CN1C(=O)OC(C)(C)C. The van der Waals surface area contributed by atoms with Crippen molar-refractivity contribution in [1.29, 1.82) is 0 Å². The summed E-state index contributed by atoms with van der Waals surface area (Å²) >= 11 is 0. The van der Waals surface area contributed by atoms with Gasteiger partial charge in [-0.15, -0.1) is 0 Å². The first kappa shape index (κ1) is 12.5. The molecule has 104 valence electrons. The van der Waals surface area contributed by atoms with Gasteiger partial charge in [0, 0.05) is 6.54 Å². The van der Waals surface area contributed by atoms with Gasteiger partial charge in [-0.25, -0.2) is 4.79 Å². The Morgan fingerprint density at radius 2 is 2.11 bits per heavy atom. The van der Waals surface area contributed by atoms with Crippen LogP contribution >= 0.6 is 0 Å². The van der Waals surface area contributed by atoms with E-state index in [9.17, 15) is 9.90 Å². The van der Waals surface area contributed by atoms with E-state index in [2.05, 4.69) is 0 Å². The molecule has 1 aliphatic heterocycles. The number of amides is 1. The number of aliphatic hydroxyl groups is 1. The third-order valence-corrected chi connectivity index (χ3v) is 3.09. The summed E-state index contributed by atoms with van der Waals surface area (Å²) in [6.45, 7) is 4.43. The van der Waals surface area contributed by atoms with E-state index < -0.39 is 24.3 Å². The maximum atomic E-state index is 12.2. The van der Waals surface area contributed by atoms with E-state index in [0.717, 1.165) is 11.1 Å². The third kappa shape index (κ3) is 3.26. The molecule has 4 heteroatoms. The second-order valence-electron chi connectivity index (χ2n) is 5.80. The molecule has 2 rings (SSSR count). The summed E-state index contributed by atoms with van der Waals surface area (Å²) in [5.74, 6) is 0. The van der Waals surface area contributed by atoms with Crippen LogP contribution in [0.15, 0.2) is 24.3 Å². The predicted molar refractivity (Wildman–Crippen MR) is 72.8 cm³/mol. The van der Waals surface area contributed by atoms with Crippen molar-refractivity contribution in [3.63, 3.8) is 0 Å². The van der Waals surface area contributed by atoms with E-state index in [1.165, 1.54) is 4.90 Å². The zero-order valence-electron chi connectivity index (χ0n) is 12.6. The van der Waals surface area contributed by atoms with Crippen molar-refractivity contribution in [2.75, 3.05) is 6.58 Å². The fourth-order valence-corrected chi connectivity index (χ4v) is 2.20. The van der Waals surface area contributed by atoms with Crippen LogP contribution in [0.5, 0.6) is 0 Å². The minimum atomic E-state index is -1.34. The number of aliphatic hydroxyl groups excluding tert-OH is 1. The lowest BCUT2D eigenvalue weighted by Crippen LogP contribution is -2.48. The molecular formula is C15H21NO3. The smallest absolute Gasteiger partial charge is 0.410 e. The first-order valence-electron chi connectivity index (χ1n) is 7.02. The van der Waals surface area contributed by atoms with Crippen LogP contribution < -0.4 is 0 Å². The van der Waals surface area contributed by atoms with Gasteiger partial charge in [-0.2, -0.15) is 0 Å². The number of nitrogens with zero attached hydrogens (tertiary/aromatic N) is 1. The number of carbonyl (C=O) groups excluding carboxylic acids is 1. The van der Waals surface area contributed by atoms with Crippen molar-refractivity contribution in [3.8, 4) is 0 Å². The van der Waals surface area contributed by atoms with E-state index in [1.54, 1.807) is 20.8 Å². The molecule has 0 aliphatic carbocycles. The van der Waals surface area contributed by atoms with Crippen molar-refractivity contribution < 1.29 is 16.0 Å².